The van der Waals surface area contributed by atoms with Crippen molar-refractivity contribution >= 4 is 34.6 Å². The van der Waals surface area contributed by atoms with Crippen molar-refractivity contribution in [1.82, 2.24) is 0 Å². The van der Waals surface area contributed by atoms with Crippen LogP contribution in [0.3, 0.4) is 0 Å². The molecule has 0 atom stereocenters. The maximum Gasteiger partial charge on any atom is 0.283 e. The van der Waals surface area contributed by atoms with Gasteiger partial charge in [0.1, 0.15) is 11.4 Å². The molecule has 1 aliphatic rings. The third-order valence-corrected chi connectivity index (χ3v) is 4.29. The first-order chi connectivity index (χ1) is 12.0. The van der Waals surface area contributed by atoms with Gasteiger partial charge in [-0.05, 0) is 43.2 Å². The SMILES string of the molecule is O=C(Nc1ccc(N2CCCC2)c(F)c1)c1ccc(Cl)cc1[N+](=O)[O-]. The summed E-state index contributed by atoms with van der Waals surface area (Å²) in [5.41, 5.74) is 0.181. The van der Waals surface area contributed by atoms with E-state index in [1.807, 2.05) is 4.90 Å². The van der Waals surface area contributed by atoms with Crippen LogP contribution in [0, 0.1) is 15.9 Å². The summed E-state index contributed by atoms with van der Waals surface area (Å²) in [5, 5.41) is 13.7. The molecular weight excluding hydrogens is 349 g/mol. The fourth-order valence-corrected chi connectivity index (χ4v) is 3.01. The lowest BCUT2D eigenvalue weighted by molar-refractivity contribution is -0.385. The second-order valence-corrected chi connectivity index (χ2v) is 6.17. The highest BCUT2D eigenvalue weighted by Crippen LogP contribution is 2.27. The zero-order valence-corrected chi connectivity index (χ0v) is 13.9. The molecule has 6 nitrogen and oxygen atoms in total. The minimum atomic E-state index is -0.698. The monoisotopic (exact) mass is 363 g/mol. The maximum absolute atomic E-state index is 14.3. The van der Waals surface area contributed by atoms with E-state index < -0.39 is 22.3 Å². The van der Waals surface area contributed by atoms with Crippen molar-refractivity contribution in [1.29, 1.82) is 0 Å². The number of hydrogen-bond acceptors (Lipinski definition) is 4. The Morgan fingerprint density at radius 2 is 1.92 bits per heavy atom. The summed E-state index contributed by atoms with van der Waals surface area (Å²) in [5.74, 6) is -1.14. The van der Waals surface area contributed by atoms with Crippen LogP contribution < -0.4 is 10.2 Å². The van der Waals surface area contributed by atoms with Crippen LogP contribution in [0.4, 0.5) is 21.5 Å². The molecule has 130 valence electrons. The number of halogens is 2. The average Bonchev–Trinajstić information content (AvgIpc) is 3.09. The highest BCUT2D eigenvalue weighted by atomic mass is 35.5. The van der Waals surface area contributed by atoms with E-state index in [-0.39, 0.29) is 16.3 Å². The minimum absolute atomic E-state index is 0.140. The molecule has 0 radical (unpaired) electrons. The minimum Gasteiger partial charge on any atom is -0.369 e. The molecule has 1 saturated heterocycles. The van der Waals surface area contributed by atoms with Crippen molar-refractivity contribution < 1.29 is 14.1 Å². The summed E-state index contributed by atoms with van der Waals surface area (Å²) in [4.78, 5) is 24.7. The van der Waals surface area contributed by atoms with Crippen molar-refractivity contribution in [3.05, 3.63) is 62.9 Å². The van der Waals surface area contributed by atoms with Crippen molar-refractivity contribution in [2.75, 3.05) is 23.3 Å². The number of rotatable bonds is 4. The van der Waals surface area contributed by atoms with Gasteiger partial charge in [-0.2, -0.15) is 0 Å². The summed E-state index contributed by atoms with van der Waals surface area (Å²) in [6.45, 7) is 1.61. The molecule has 0 aliphatic carbocycles. The number of nitrogens with one attached hydrogen (secondary N) is 1. The van der Waals surface area contributed by atoms with Gasteiger partial charge in [-0.3, -0.25) is 14.9 Å². The van der Waals surface area contributed by atoms with Crippen LogP contribution in [0.5, 0.6) is 0 Å². The molecule has 0 bridgehead atoms. The topological polar surface area (TPSA) is 75.5 Å². The molecule has 0 spiro atoms. The van der Waals surface area contributed by atoms with Crippen LogP contribution in [0.25, 0.3) is 0 Å². The predicted molar refractivity (Wildman–Crippen MR) is 93.9 cm³/mol. The number of nitro groups is 1. The molecule has 0 aromatic heterocycles. The molecule has 1 amide bonds. The van der Waals surface area contributed by atoms with E-state index in [9.17, 15) is 19.3 Å². The highest BCUT2D eigenvalue weighted by molar-refractivity contribution is 6.31. The van der Waals surface area contributed by atoms with Crippen LogP contribution in [0.1, 0.15) is 23.2 Å². The zero-order valence-electron chi connectivity index (χ0n) is 13.2. The normalized spacial score (nSPS) is 13.8. The number of nitrogens with zero attached hydrogens (tertiary/aromatic N) is 2. The van der Waals surface area contributed by atoms with Gasteiger partial charge in [0, 0.05) is 29.9 Å². The maximum atomic E-state index is 14.3. The van der Waals surface area contributed by atoms with Crippen LogP contribution in [0.2, 0.25) is 5.02 Å². The van der Waals surface area contributed by atoms with Gasteiger partial charge in [0.2, 0.25) is 0 Å². The van der Waals surface area contributed by atoms with E-state index in [2.05, 4.69) is 5.32 Å². The van der Waals surface area contributed by atoms with Gasteiger partial charge in [0.15, 0.2) is 0 Å². The van der Waals surface area contributed by atoms with Gasteiger partial charge in [0.05, 0.1) is 10.6 Å². The smallest absolute Gasteiger partial charge is 0.283 e. The quantitative estimate of drug-likeness (QED) is 0.651. The fourth-order valence-electron chi connectivity index (χ4n) is 2.85. The van der Waals surface area contributed by atoms with Crippen molar-refractivity contribution in [3.63, 3.8) is 0 Å². The zero-order chi connectivity index (χ0) is 18.0. The molecule has 2 aromatic carbocycles. The number of hydrogen-bond donors (Lipinski definition) is 1. The third kappa shape index (κ3) is 3.71. The van der Waals surface area contributed by atoms with E-state index in [1.54, 1.807) is 12.1 Å². The first kappa shape index (κ1) is 17.2. The molecular formula is C17H15ClFN3O3. The first-order valence-electron chi connectivity index (χ1n) is 7.75. The summed E-state index contributed by atoms with van der Waals surface area (Å²) in [6, 6.07) is 8.16. The summed E-state index contributed by atoms with van der Waals surface area (Å²) < 4.78 is 14.3. The lowest BCUT2D eigenvalue weighted by Gasteiger charge is -2.18. The average molecular weight is 364 g/mol. The second-order valence-electron chi connectivity index (χ2n) is 5.73. The fraction of sp³-hybridized carbons (Fsp3) is 0.235. The Hall–Kier alpha value is -2.67. The van der Waals surface area contributed by atoms with Crippen molar-refractivity contribution in [3.8, 4) is 0 Å². The van der Waals surface area contributed by atoms with Gasteiger partial charge in [-0.15, -0.1) is 0 Å². The molecule has 1 N–H and O–H groups in total. The number of nitro benzene ring substituents is 1. The number of carbonyl (C=O) groups excluding carboxylic acids is 1. The Kier molecular flexibility index (Phi) is 4.85. The van der Waals surface area contributed by atoms with Crippen LogP contribution in [-0.4, -0.2) is 23.9 Å². The van der Waals surface area contributed by atoms with Crippen molar-refractivity contribution in [2.45, 2.75) is 12.8 Å². The third-order valence-electron chi connectivity index (χ3n) is 4.05. The molecule has 2 aromatic rings. The number of benzene rings is 2. The highest BCUT2D eigenvalue weighted by Gasteiger charge is 2.21. The number of amides is 1. The molecule has 25 heavy (non-hydrogen) atoms. The summed E-state index contributed by atoms with van der Waals surface area (Å²) in [7, 11) is 0. The molecule has 1 fully saturated rings. The predicted octanol–water partition coefficient (Wildman–Crippen LogP) is 4.24. The molecule has 3 rings (SSSR count). The summed E-state index contributed by atoms with van der Waals surface area (Å²) in [6.07, 6.45) is 2.05. The second kappa shape index (κ2) is 7.06. The molecule has 1 heterocycles. The lowest BCUT2D eigenvalue weighted by atomic mass is 10.1. The van der Waals surface area contributed by atoms with E-state index in [0.717, 1.165) is 32.0 Å². The Balaban J connectivity index is 1.82. The van der Waals surface area contributed by atoms with Gasteiger partial charge >= 0.3 is 0 Å². The van der Waals surface area contributed by atoms with Crippen molar-refractivity contribution in [2.24, 2.45) is 0 Å². The first-order valence-corrected chi connectivity index (χ1v) is 8.13. The lowest BCUT2D eigenvalue weighted by Crippen LogP contribution is -2.19. The van der Waals surface area contributed by atoms with Gasteiger partial charge in [-0.1, -0.05) is 11.6 Å². The number of carbonyl (C=O) groups is 1. The van der Waals surface area contributed by atoms with Gasteiger partial charge in [-0.25, -0.2) is 4.39 Å². The molecule has 0 saturated carbocycles. The van der Waals surface area contributed by atoms with E-state index in [4.69, 9.17) is 11.6 Å². The van der Waals surface area contributed by atoms with E-state index in [0.29, 0.717) is 5.69 Å². The van der Waals surface area contributed by atoms with Gasteiger partial charge < -0.3 is 10.2 Å². The van der Waals surface area contributed by atoms with E-state index >= 15 is 0 Å². The van der Waals surface area contributed by atoms with Gasteiger partial charge in [0.25, 0.3) is 11.6 Å². The largest absolute Gasteiger partial charge is 0.369 e. The Bertz CT molecular complexity index is 838. The molecule has 1 aliphatic heterocycles. The Morgan fingerprint density at radius 1 is 1.20 bits per heavy atom. The Morgan fingerprint density at radius 3 is 2.56 bits per heavy atom. The van der Waals surface area contributed by atoms with Crippen LogP contribution in [0.15, 0.2) is 36.4 Å². The molecule has 0 unspecified atom stereocenters. The van der Waals surface area contributed by atoms with E-state index in [1.165, 1.54) is 18.2 Å². The van der Waals surface area contributed by atoms with Crippen LogP contribution in [-0.2, 0) is 0 Å². The Labute approximate surface area is 148 Å². The standard InChI is InChI=1S/C17H15ClFN3O3/c18-11-3-5-13(16(9-11)22(24)25)17(23)20-12-4-6-15(14(19)10-12)21-7-1-2-8-21/h3-6,9-10H,1-2,7-8H2,(H,20,23). The van der Waals surface area contributed by atoms with Crippen LogP contribution >= 0.6 is 11.6 Å². The molecule has 8 heteroatoms. The summed E-state index contributed by atoms with van der Waals surface area (Å²) >= 11 is 5.74. The number of anilines is 2.